The van der Waals surface area contributed by atoms with Gasteiger partial charge in [0.05, 0.1) is 27.0 Å². The molecular weight excluding hydrogens is 368 g/mol. The lowest BCUT2D eigenvalue weighted by atomic mass is 10.2. The summed E-state index contributed by atoms with van der Waals surface area (Å²) in [6, 6.07) is 3.36. The highest BCUT2D eigenvalue weighted by atomic mass is 32.1. The van der Waals surface area contributed by atoms with E-state index in [9.17, 15) is 4.79 Å². The number of hydrogen-bond donors (Lipinski definition) is 2. The van der Waals surface area contributed by atoms with E-state index in [1.165, 1.54) is 21.3 Å². The Morgan fingerprint density at radius 2 is 2.00 bits per heavy atom. The normalized spacial score (nSPS) is 16.1. The Balaban J connectivity index is 1.61. The van der Waals surface area contributed by atoms with Gasteiger partial charge in [-0.05, 0) is 12.8 Å². The summed E-state index contributed by atoms with van der Waals surface area (Å²) in [7, 11) is 4.61. The average molecular weight is 392 g/mol. The minimum absolute atomic E-state index is 0.252. The molecule has 27 heavy (non-hydrogen) atoms. The Kier molecular flexibility index (Phi) is 6.23. The molecule has 2 aromatic rings. The van der Waals surface area contributed by atoms with Crippen LogP contribution in [0, 0.1) is 0 Å². The number of nitrogens with one attached hydrogen (secondary N) is 2. The first kappa shape index (κ1) is 19.1. The third-order valence-electron chi connectivity index (χ3n) is 4.46. The van der Waals surface area contributed by atoms with Crippen molar-refractivity contribution < 1.29 is 19.0 Å². The van der Waals surface area contributed by atoms with Gasteiger partial charge in [-0.3, -0.25) is 0 Å². The van der Waals surface area contributed by atoms with Gasteiger partial charge in [-0.1, -0.05) is 0 Å². The summed E-state index contributed by atoms with van der Waals surface area (Å²) in [5, 5.41) is 8.73. The summed E-state index contributed by atoms with van der Waals surface area (Å²) < 4.78 is 15.9. The van der Waals surface area contributed by atoms with Crippen LogP contribution in [0.1, 0.15) is 12.8 Å². The number of amides is 2. The van der Waals surface area contributed by atoms with Gasteiger partial charge in [0.2, 0.25) is 5.75 Å². The highest BCUT2D eigenvalue weighted by Crippen LogP contribution is 2.39. The molecule has 1 unspecified atom stereocenters. The van der Waals surface area contributed by atoms with E-state index >= 15 is 0 Å². The number of methoxy groups -OCH3 is 3. The molecule has 1 aromatic heterocycles. The van der Waals surface area contributed by atoms with Crippen LogP contribution in [0.5, 0.6) is 17.2 Å². The van der Waals surface area contributed by atoms with Gasteiger partial charge in [0.1, 0.15) is 0 Å². The number of nitrogens with zero attached hydrogens (tertiary/aromatic N) is 2. The highest BCUT2D eigenvalue weighted by molar-refractivity contribution is 7.13. The third kappa shape index (κ3) is 4.36. The van der Waals surface area contributed by atoms with Crippen molar-refractivity contribution in [3.8, 4) is 17.2 Å². The standard InChI is InChI=1S/C18H24N4O4S/c1-24-14-9-12(10-15(25-2)16(14)26-3)21-17(23)20-11-13-5-4-7-22(13)18-19-6-8-27-18/h6,8-10,13H,4-5,7,11H2,1-3H3,(H2,20,21,23). The Hall–Kier alpha value is -2.68. The molecule has 2 amide bonds. The molecule has 1 saturated heterocycles. The molecule has 0 saturated carbocycles. The minimum Gasteiger partial charge on any atom is -0.493 e. The zero-order valence-electron chi connectivity index (χ0n) is 15.7. The summed E-state index contributed by atoms with van der Waals surface area (Å²) in [5.41, 5.74) is 0.560. The summed E-state index contributed by atoms with van der Waals surface area (Å²) >= 11 is 1.62. The van der Waals surface area contributed by atoms with E-state index in [1.54, 1.807) is 29.7 Å². The monoisotopic (exact) mass is 392 g/mol. The molecule has 1 atom stereocenters. The van der Waals surface area contributed by atoms with Gasteiger partial charge in [-0.2, -0.15) is 0 Å². The summed E-state index contributed by atoms with van der Waals surface area (Å²) in [5.74, 6) is 1.45. The molecule has 0 spiro atoms. The SMILES string of the molecule is COc1cc(NC(=O)NCC2CCCN2c2nccs2)cc(OC)c1OC. The van der Waals surface area contributed by atoms with Gasteiger partial charge in [-0.15, -0.1) is 11.3 Å². The zero-order chi connectivity index (χ0) is 19.2. The first-order chi connectivity index (χ1) is 13.2. The number of ether oxygens (including phenoxy) is 3. The molecule has 146 valence electrons. The molecule has 1 aromatic carbocycles. The second-order valence-corrected chi connectivity index (χ2v) is 6.93. The molecule has 2 heterocycles. The molecule has 1 fully saturated rings. The molecule has 2 N–H and O–H groups in total. The Labute approximate surface area is 162 Å². The number of aromatic nitrogens is 1. The van der Waals surface area contributed by atoms with E-state index < -0.39 is 0 Å². The maximum atomic E-state index is 12.3. The summed E-state index contributed by atoms with van der Waals surface area (Å²) in [4.78, 5) is 19.0. The maximum absolute atomic E-state index is 12.3. The predicted octanol–water partition coefficient (Wildman–Crippen LogP) is 2.96. The number of carbonyl (C=O) groups excluding carboxylic acids is 1. The van der Waals surface area contributed by atoms with Gasteiger partial charge >= 0.3 is 6.03 Å². The smallest absolute Gasteiger partial charge is 0.319 e. The van der Waals surface area contributed by atoms with Crippen LogP contribution in [0.15, 0.2) is 23.7 Å². The lowest BCUT2D eigenvalue weighted by molar-refractivity contribution is 0.251. The van der Waals surface area contributed by atoms with E-state index in [0.29, 0.717) is 29.5 Å². The lowest BCUT2D eigenvalue weighted by Crippen LogP contribution is -2.41. The molecule has 0 aliphatic carbocycles. The van der Waals surface area contributed by atoms with Crippen LogP contribution < -0.4 is 29.7 Å². The van der Waals surface area contributed by atoms with Gasteiger partial charge in [0, 0.05) is 42.8 Å². The number of carbonyl (C=O) groups is 1. The first-order valence-electron chi connectivity index (χ1n) is 8.67. The van der Waals surface area contributed by atoms with Crippen molar-refractivity contribution in [1.29, 1.82) is 0 Å². The fourth-order valence-corrected chi connectivity index (χ4v) is 3.94. The van der Waals surface area contributed by atoms with Crippen molar-refractivity contribution in [3.05, 3.63) is 23.7 Å². The summed E-state index contributed by atoms with van der Waals surface area (Å²) in [6.07, 6.45) is 3.93. The van der Waals surface area contributed by atoms with Crippen molar-refractivity contribution >= 4 is 28.2 Å². The van der Waals surface area contributed by atoms with Crippen molar-refractivity contribution in [1.82, 2.24) is 10.3 Å². The molecule has 1 aliphatic heterocycles. The molecule has 0 bridgehead atoms. The lowest BCUT2D eigenvalue weighted by Gasteiger charge is -2.24. The number of anilines is 2. The van der Waals surface area contributed by atoms with Crippen LogP contribution in [-0.4, -0.2) is 51.5 Å². The van der Waals surface area contributed by atoms with Gasteiger partial charge in [0.15, 0.2) is 16.6 Å². The Bertz CT molecular complexity index is 744. The van der Waals surface area contributed by atoms with Crippen LogP contribution in [0.25, 0.3) is 0 Å². The third-order valence-corrected chi connectivity index (χ3v) is 5.27. The van der Waals surface area contributed by atoms with Crippen molar-refractivity contribution in [3.63, 3.8) is 0 Å². The molecule has 8 nitrogen and oxygen atoms in total. The quantitative estimate of drug-likeness (QED) is 0.754. The van der Waals surface area contributed by atoms with Gasteiger partial charge in [-0.25, -0.2) is 9.78 Å². The molecule has 1 aliphatic rings. The van der Waals surface area contributed by atoms with Gasteiger partial charge in [0.25, 0.3) is 0 Å². The zero-order valence-corrected chi connectivity index (χ0v) is 16.5. The topological polar surface area (TPSA) is 85.0 Å². The highest BCUT2D eigenvalue weighted by Gasteiger charge is 2.26. The maximum Gasteiger partial charge on any atom is 0.319 e. The van der Waals surface area contributed by atoms with Crippen LogP contribution in [-0.2, 0) is 0 Å². The van der Waals surface area contributed by atoms with E-state index in [2.05, 4.69) is 20.5 Å². The molecule has 9 heteroatoms. The number of thiazole rings is 1. The number of urea groups is 1. The number of benzene rings is 1. The van der Waals surface area contributed by atoms with Crippen molar-refractivity contribution in [2.45, 2.75) is 18.9 Å². The van der Waals surface area contributed by atoms with E-state index in [-0.39, 0.29) is 12.1 Å². The fraction of sp³-hybridized carbons (Fsp3) is 0.444. The molecule has 0 radical (unpaired) electrons. The van der Waals surface area contributed by atoms with Gasteiger partial charge < -0.3 is 29.7 Å². The molecular formula is C18H24N4O4S. The Morgan fingerprint density at radius 1 is 1.26 bits per heavy atom. The summed E-state index contributed by atoms with van der Waals surface area (Å²) in [6.45, 7) is 1.52. The number of hydrogen-bond acceptors (Lipinski definition) is 7. The second kappa shape index (κ2) is 8.81. The fourth-order valence-electron chi connectivity index (χ4n) is 3.20. The second-order valence-electron chi connectivity index (χ2n) is 6.05. The minimum atomic E-state index is -0.282. The number of rotatable bonds is 7. The van der Waals surface area contributed by atoms with E-state index in [1.807, 2.05) is 5.38 Å². The van der Waals surface area contributed by atoms with Crippen molar-refractivity contribution in [2.24, 2.45) is 0 Å². The van der Waals surface area contributed by atoms with Crippen LogP contribution in [0.3, 0.4) is 0 Å². The predicted molar refractivity (Wildman–Crippen MR) is 106 cm³/mol. The Morgan fingerprint density at radius 3 is 2.59 bits per heavy atom. The first-order valence-corrected chi connectivity index (χ1v) is 9.55. The molecule has 3 rings (SSSR count). The largest absolute Gasteiger partial charge is 0.493 e. The van der Waals surface area contributed by atoms with Crippen molar-refractivity contribution in [2.75, 3.05) is 44.6 Å². The average Bonchev–Trinajstić information content (AvgIpc) is 3.36. The van der Waals surface area contributed by atoms with E-state index in [0.717, 1.165) is 24.5 Å². The van der Waals surface area contributed by atoms with Crippen LogP contribution >= 0.6 is 11.3 Å². The van der Waals surface area contributed by atoms with Crippen LogP contribution in [0.4, 0.5) is 15.6 Å². The van der Waals surface area contributed by atoms with Crippen LogP contribution in [0.2, 0.25) is 0 Å². The van der Waals surface area contributed by atoms with E-state index in [4.69, 9.17) is 14.2 Å².